The summed E-state index contributed by atoms with van der Waals surface area (Å²) in [4.78, 5) is 16.6. The SMILES string of the molecule is CC(Oc1ccccc1F)C(=O)N1CCN(c2ccc(-c3ccc4ccccc4c3)nn2)CC1. The number of aromatic nitrogens is 2. The molecule has 0 bridgehead atoms. The number of benzene rings is 3. The van der Waals surface area contributed by atoms with Gasteiger partial charge >= 0.3 is 0 Å². The summed E-state index contributed by atoms with van der Waals surface area (Å²) in [6, 6.07) is 24.6. The van der Waals surface area contributed by atoms with Gasteiger partial charge in [-0.05, 0) is 48.0 Å². The molecule has 0 saturated carbocycles. The van der Waals surface area contributed by atoms with Crippen LogP contribution in [0.2, 0.25) is 0 Å². The van der Waals surface area contributed by atoms with Crippen molar-refractivity contribution in [2.75, 3.05) is 31.1 Å². The molecule has 1 fully saturated rings. The van der Waals surface area contributed by atoms with E-state index in [1.807, 2.05) is 24.3 Å². The molecule has 0 aliphatic carbocycles. The van der Waals surface area contributed by atoms with Gasteiger partial charge in [-0.15, -0.1) is 10.2 Å². The highest BCUT2D eigenvalue weighted by molar-refractivity contribution is 5.86. The zero-order valence-electron chi connectivity index (χ0n) is 18.9. The minimum atomic E-state index is -0.760. The van der Waals surface area contributed by atoms with Crippen LogP contribution in [0.1, 0.15) is 6.92 Å². The third-order valence-corrected chi connectivity index (χ3v) is 6.10. The van der Waals surface area contributed by atoms with Crippen LogP contribution in [0.5, 0.6) is 5.75 Å². The van der Waals surface area contributed by atoms with E-state index in [1.165, 1.54) is 22.9 Å². The molecule has 5 rings (SSSR count). The van der Waals surface area contributed by atoms with Crippen LogP contribution in [0.15, 0.2) is 78.9 Å². The molecule has 1 amide bonds. The summed E-state index contributed by atoms with van der Waals surface area (Å²) in [6.07, 6.45) is -0.760. The number of halogens is 1. The number of hydrogen-bond acceptors (Lipinski definition) is 5. The van der Waals surface area contributed by atoms with E-state index in [0.29, 0.717) is 26.2 Å². The van der Waals surface area contributed by atoms with Crippen LogP contribution in [-0.2, 0) is 4.79 Å². The Morgan fingerprint density at radius 2 is 1.62 bits per heavy atom. The van der Waals surface area contributed by atoms with E-state index >= 15 is 0 Å². The Balaban J connectivity index is 1.20. The summed E-state index contributed by atoms with van der Waals surface area (Å²) in [5.74, 6) is 0.245. The lowest BCUT2D eigenvalue weighted by Gasteiger charge is -2.36. The fraction of sp³-hybridized carbons (Fsp3) is 0.222. The molecule has 1 saturated heterocycles. The van der Waals surface area contributed by atoms with E-state index in [4.69, 9.17) is 4.74 Å². The Morgan fingerprint density at radius 3 is 2.35 bits per heavy atom. The Bertz CT molecular complexity index is 1300. The normalized spacial score (nSPS) is 14.8. The van der Waals surface area contributed by atoms with Crippen molar-refractivity contribution >= 4 is 22.5 Å². The molecule has 0 radical (unpaired) electrons. The van der Waals surface area contributed by atoms with Gasteiger partial charge in [0.15, 0.2) is 23.5 Å². The van der Waals surface area contributed by atoms with E-state index in [-0.39, 0.29) is 11.7 Å². The summed E-state index contributed by atoms with van der Waals surface area (Å²) in [5.41, 5.74) is 1.85. The van der Waals surface area contributed by atoms with E-state index in [1.54, 1.807) is 24.0 Å². The van der Waals surface area contributed by atoms with Gasteiger partial charge in [-0.25, -0.2) is 4.39 Å². The maximum absolute atomic E-state index is 13.8. The summed E-state index contributed by atoms with van der Waals surface area (Å²) < 4.78 is 19.4. The fourth-order valence-corrected chi connectivity index (χ4v) is 4.19. The third-order valence-electron chi connectivity index (χ3n) is 6.10. The Hall–Kier alpha value is -4.00. The molecule has 1 aromatic heterocycles. The highest BCUT2D eigenvalue weighted by Gasteiger charge is 2.27. The van der Waals surface area contributed by atoms with Gasteiger partial charge in [0.25, 0.3) is 5.91 Å². The van der Waals surface area contributed by atoms with Crippen LogP contribution < -0.4 is 9.64 Å². The molecule has 4 aromatic rings. The van der Waals surface area contributed by atoms with Crippen molar-refractivity contribution in [1.82, 2.24) is 15.1 Å². The number of carbonyl (C=O) groups is 1. The predicted octanol–water partition coefficient (Wildman–Crippen LogP) is 4.55. The second-order valence-electron chi connectivity index (χ2n) is 8.34. The average Bonchev–Trinajstić information content (AvgIpc) is 2.89. The highest BCUT2D eigenvalue weighted by atomic mass is 19.1. The van der Waals surface area contributed by atoms with Gasteiger partial charge in [0.2, 0.25) is 0 Å². The van der Waals surface area contributed by atoms with E-state index in [2.05, 4.69) is 45.4 Å². The minimum absolute atomic E-state index is 0.0868. The molecule has 7 heteroatoms. The van der Waals surface area contributed by atoms with Gasteiger partial charge in [0.1, 0.15) is 0 Å². The summed E-state index contributed by atoms with van der Waals surface area (Å²) in [7, 11) is 0. The number of anilines is 1. The van der Waals surface area contributed by atoms with Crippen LogP contribution >= 0.6 is 0 Å². The largest absolute Gasteiger partial charge is 0.478 e. The Kier molecular flexibility index (Phi) is 6.08. The summed E-state index contributed by atoms with van der Waals surface area (Å²) in [5, 5.41) is 11.2. The number of fused-ring (bicyclic) bond motifs is 1. The van der Waals surface area contributed by atoms with Crippen LogP contribution in [0.25, 0.3) is 22.0 Å². The molecular formula is C27H25FN4O2. The average molecular weight is 457 g/mol. The second-order valence-corrected chi connectivity index (χ2v) is 8.34. The van der Waals surface area contributed by atoms with Crippen molar-refractivity contribution in [1.29, 1.82) is 0 Å². The molecule has 1 unspecified atom stereocenters. The van der Waals surface area contributed by atoms with Gasteiger partial charge in [-0.3, -0.25) is 4.79 Å². The first-order valence-corrected chi connectivity index (χ1v) is 11.4. The number of amides is 1. The Morgan fingerprint density at radius 1 is 0.882 bits per heavy atom. The first kappa shape index (κ1) is 21.8. The maximum Gasteiger partial charge on any atom is 0.263 e. The van der Waals surface area contributed by atoms with Crippen LogP contribution in [-0.4, -0.2) is 53.3 Å². The van der Waals surface area contributed by atoms with Gasteiger partial charge in [-0.2, -0.15) is 0 Å². The fourth-order valence-electron chi connectivity index (χ4n) is 4.19. The topological polar surface area (TPSA) is 58.6 Å². The smallest absolute Gasteiger partial charge is 0.263 e. The molecule has 0 N–H and O–H groups in total. The molecule has 0 spiro atoms. The van der Waals surface area contributed by atoms with Crippen molar-refractivity contribution in [2.45, 2.75) is 13.0 Å². The van der Waals surface area contributed by atoms with Gasteiger partial charge in [0.05, 0.1) is 5.69 Å². The number of ether oxygens (including phenoxy) is 1. The molecule has 1 atom stereocenters. The molecular weight excluding hydrogens is 431 g/mol. The van der Waals surface area contributed by atoms with E-state index in [0.717, 1.165) is 17.1 Å². The monoisotopic (exact) mass is 456 g/mol. The number of nitrogens with zero attached hydrogens (tertiary/aromatic N) is 4. The number of carbonyl (C=O) groups excluding carboxylic acids is 1. The number of rotatable bonds is 5. The van der Waals surface area contributed by atoms with Crippen LogP contribution in [0, 0.1) is 5.82 Å². The molecule has 2 heterocycles. The molecule has 6 nitrogen and oxygen atoms in total. The van der Waals surface area contributed by atoms with Gasteiger partial charge in [-0.1, -0.05) is 48.5 Å². The minimum Gasteiger partial charge on any atom is -0.478 e. The van der Waals surface area contributed by atoms with Crippen molar-refractivity contribution in [3.8, 4) is 17.0 Å². The van der Waals surface area contributed by atoms with Crippen molar-refractivity contribution < 1.29 is 13.9 Å². The quantitative estimate of drug-likeness (QED) is 0.441. The molecule has 34 heavy (non-hydrogen) atoms. The van der Waals surface area contributed by atoms with Gasteiger partial charge < -0.3 is 14.5 Å². The Labute approximate surface area is 197 Å². The number of para-hydroxylation sites is 1. The zero-order valence-corrected chi connectivity index (χ0v) is 18.9. The van der Waals surface area contributed by atoms with Crippen molar-refractivity contribution in [3.63, 3.8) is 0 Å². The lowest BCUT2D eigenvalue weighted by molar-refractivity contribution is -0.138. The first-order valence-electron chi connectivity index (χ1n) is 11.4. The van der Waals surface area contributed by atoms with Gasteiger partial charge in [0, 0.05) is 31.7 Å². The maximum atomic E-state index is 13.8. The standard InChI is InChI=1S/C27H25FN4O2/c1-19(34-25-9-5-4-8-23(25)28)27(33)32-16-14-31(15-17-32)26-13-12-24(29-30-26)22-11-10-20-6-2-3-7-21(20)18-22/h2-13,18-19H,14-17H2,1H3. The first-order chi connectivity index (χ1) is 16.6. The predicted molar refractivity (Wildman–Crippen MR) is 130 cm³/mol. The molecule has 172 valence electrons. The number of hydrogen-bond donors (Lipinski definition) is 0. The van der Waals surface area contributed by atoms with Crippen LogP contribution in [0.4, 0.5) is 10.2 Å². The molecule has 3 aromatic carbocycles. The zero-order chi connectivity index (χ0) is 23.5. The second kappa shape index (κ2) is 9.47. The third kappa shape index (κ3) is 4.55. The summed E-state index contributed by atoms with van der Waals surface area (Å²) in [6.45, 7) is 4.01. The van der Waals surface area contributed by atoms with E-state index < -0.39 is 11.9 Å². The molecule has 1 aliphatic rings. The lowest BCUT2D eigenvalue weighted by atomic mass is 10.1. The van der Waals surface area contributed by atoms with Crippen LogP contribution in [0.3, 0.4) is 0 Å². The highest BCUT2D eigenvalue weighted by Crippen LogP contribution is 2.24. The van der Waals surface area contributed by atoms with Crippen molar-refractivity contribution in [2.24, 2.45) is 0 Å². The van der Waals surface area contributed by atoms with E-state index in [9.17, 15) is 9.18 Å². The summed E-state index contributed by atoms with van der Waals surface area (Å²) >= 11 is 0. The number of piperazine rings is 1. The lowest BCUT2D eigenvalue weighted by Crippen LogP contribution is -2.52. The molecule has 1 aliphatic heterocycles. The van der Waals surface area contributed by atoms with Crippen molar-refractivity contribution in [3.05, 3.63) is 84.7 Å².